The molecule has 0 saturated heterocycles. The van der Waals surface area contributed by atoms with Crippen molar-refractivity contribution in [2.75, 3.05) is 18.4 Å². The zero-order valence-corrected chi connectivity index (χ0v) is 16.7. The van der Waals surface area contributed by atoms with Crippen LogP contribution in [0, 0.1) is 12.7 Å². The first kappa shape index (κ1) is 21.8. The summed E-state index contributed by atoms with van der Waals surface area (Å²) in [6, 6.07) is 4.84. The summed E-state index contributed by atoms with van der Waals surface area (Å²) in [5.41, 5.74) is 3.79. The number of aryl methyl sites for hydroxylation is 1. The lowest BCUT2D eigenvalue weighted by Gasteiger charge is -2.13. The van der Waals surface area contributed by atoms with E-state index in [4.69, 9.17) is 0 Å². The van der Waals surface area contributed by atoms with Crippen molar-refractivity contribution in [3.05, 3.63) is 65.6 Å². The Balaban J connectivity index is 0.00000140. The largest absolute Gasteiger partial charge is 0.321 e. The molecule has 3 aromatic heterocycles. The predicted octanol–water partition coefficient (Wildman–Crippen LogP) is 3.65. The van der Waals surface area contributed by atoms with E-state index in [1.807, 2.05) is 6.07 Å². The summed E-state index contributed by atoms with van der Waals surface area (Å²) in [7, 11) is 0. The lowest BCUT2D eigenvalue weighted by Crippen LogP contribution is -2.20. The van der Waals surface area contributed by atoms with Gasteiger partial charge >= 0.3 is 0 Å². The van der Waals surface area contributed by atoms with Gasteiger partial charge < -0.3 is 15.0 Å². The van der Waals surface area contributed by atoms with Crippen molar-refractivity contribution in [3.8, 4) is 0 Å². The van der Waals surface area contributed by atoms with Gasteiger partial charge in [0.1, 0.15) is 0 Å². The second-order valence-electron chi connectivity index (χ2n) is 6.26. The van der Waals surface area contributed by atoms with Gasteiger partial charge in [-0.25, -0.2) is 9.37 Å². The number of halogens is 3. The van der Waals surface area contributed by atoms with Crippen LogP contribution in [0.25, 0.3) is 11.2 Å². The Hall–Kier alpha value is -2.48. The molecule has 1 amide bonds. The number of hydrogen-bond acceptors (Lipinski definition) is 4. The Morgan fingerprint density at radius 1 is 1.29 bits per heavy atom. The molecule has 0 fully saturated rings. The van der Waals surface area contributed by atoms with E-state index in [2.05, 4.69) is 26.7 Å². The van der Waals surface area contributed by atoms with Crippen LogP contribution in [0.4, 0.5) is 10.1 Å². The zero-order valence-electron chi connectivity index (χ0n) is 15.1. The fourth-order valence-corrected chi connectivity index (χ4v) is 3.02. The van der Waals surface area contributed by atoms with Gasteiger partial charge in [0.05, 0.1) is 22.6 Å². The van der Waals surface area contributed by atoms with E-state index in [0.717, 1.165) is 25.2 Å². The number of hydrogen-bond donors (Lipinski definition) is 2. The summed E-state index contributed by atoms with van der Waals surface area (Å²) in [4.78, 5) is 20.9. The van der Waals surface area contributed by atoms with Gasteiger partial charge in [-0.2, -0.15) is 0 Å². The second-order valence-corrected chi connectivity index (χ2v) is 6.26. The maximum Gasteiger partial charge on any atom is 0.257 e. The van der Waals surface area contributed by atoms with Crippen LogP contribution in [0.1, 0.15) is 28.2 Å². The highest BCUT2D eigenvalue weighted by molar-refractivity contribution is 6.04. The van der Waals surface area contributed by atoms with Crippen molar-refractivity contribution < 1.29 is 9.18 Å². The molecule has 2 N–H and O–H groups in total. The minimum atomic E-state index is -0.484. The fraction of sp³-hybridized carbons (Fsp3) is 0.211. The Morgan fingerprint density at radius 2 is 2.11 bits per heavy atom. The van der Waals surface area contributed by atoms with E-state index in [9.17, 15) is 9.18 Å². The van der Waals surface area contributed by atoms with Crippen LogP contribution in [0.3, 0.4) is 0 Å². The molecular formula is C19H20Cl2FN5O. The van der Waals surface area contributed by atoms with Crippen LogP contribution >= 0.6 is 24.8 Å². The quantitative estimate of drug-likeness (QED) is 0.674. The van der Waals surface area contributed by atoms with Crippen molar-refractivity contribution in [3.63, 3.8) is 0 Å². The average molecular weight is 424 g/mol. The third-order valence-corrected chi connectivity index (χ3v) is 4.30. The molecular weight excluding hydrogens is 404 g/mol. The summed E-state index contributed by atoms with van der Waals surface area (Å²) in [5.74, 6) is -0.818. The highest BCUT2D eigenvalue weighted by Gasteiger charge is 2.12. The van der Waals surface area contributed by atoms with Crippen LogP contribution in [-0.2, 0) is 0 Å². The smallest absolute Gasteiger partial charge is 0.257 e. The van der Waals surface area contributed by atoms with Crippen molar-refractivity contribution >= 4 is 47.6 Å². The van der Waals surface area contributed by atoms with Crippen LogP contribution in [0.2, 0.25) is 0 Å². The fourth-order valence-electron chi connectivity index (χ4n) is 3.02. The molecule has 28 heavy (non-hydrogen) atoms. The van der Waals surface area contributed by atoms with Crippen LogP contribution in [0.15, 0.2) is 42.9 Å². The molecule has 0 aliphatic carbocycles. The third kappa shape index (κ3) is 4.49. The number of nitrogens with one attached hydrogen (secondary N) is 2. The normalized spacial score (nSPS) is 13.3. The molecule has 9 heteroatoms. The van der Waals surface area contributed by atoms with Crippen LogP contribution < -0.4 is 10.6 Å². The number of amides is 1. The van der Waals surface area contributed by atoms with Gasteiger partial charge in [-0.1, -0.05) is 6.08 Å². The minimum Gasteiger partial charge on any atom is -0.321 e. The molecule has 0 aromatic carbocycles. The van der Waals surface area contributed by atoms with Crippen LogP contribution in [-0.4, -0.2) is 33.4 Å². The Bertz CT molecular complexity index is 1020. The number of anilines is 1. The topological polar surface area (TPSA) is 71.3 Å². The molecule has 4 heterocycles. The molecule has 0 atom stereocenters. The van der Waals surface area contributed by atoms with E-state index >= 15 is 0 Å². The molecule has 1 aliphatic heterocycles. The van der Waals surface area contributed by atoms with E-state index in [1.165, 1.54) is 11.6 Å². The molecule has 6 nitrogen and oxygen atoms in total. The SMILES string of the molecule is Cc1cn2cc(NC(=O)c3ccc(C4=CCNCC4)nc3)cc(F)c2n1.Cl.Cl. The van der Waals surface area contributed by atoms with Gasteiger partial charge in [0, 0.05) is 31.2 Å². The lowest BCUT2D eigenvalue weighted by molar-refractivity contribution is 0.102. The first-order valence-corrected chi connectivity index (χ1v) is 8.42. The molecule has 0 bridgehead atoms. The minimum absolute atomic E-state index is 0. The highest BCUT2D eigenvalue weighted by Crippen LogP contribution is 2.19. The number of imidazole rings is 1. The zero-order chi connectivity index (χ0) is 18.1. The number of fused-ring (bicyclic) bond motifs is 1. The first-order valence-electron chi connectivity index (χ1n) is 8.42. The van der Waals surface area contributed by atoms with Crippen molar-refractivity contribution in [2.45, 2.75) is 13.3 Å². The van der Waals surface area contributed by atoms with Gasteiger partial charge in [0.15, 0.2) is 11.5 Å². The summed E-state index contributed by atoms with van der Waals surface area (Å²) in [5, 5.41) is 5.96. The van der Waals surface area contributed by atoms with Gasteiger partial charge in [0.25, 0.3) is 5.91 Å². The number of aromatic nitrogens is 3. The van der Waals surface area contributed by atoms with E-state index in [0.29, 0.717) is 16.9 Å². The molecule has 3 aromatic rings. The van der Waals surface area contributed by atoms with Gasteiger partial charge in [-0.15, -0.1) is 24.8 Å². The summed E-state index contributed by atoms with van der Waals surface area (Å²) in [6.07, 6.45) is 7.91. The molecule has 0 saturated carbocycles. The van der Waals surface area contributed by atoms with Crippen molar-refractivity contribution in [1.29, 1.82) is 0 Å². The standard InChI is InChI=1S/C19H18FN5O.2ClH/c1-12-10-25-11-15(8-16(20)18(25)23-12)24-19(26)14-2-3-17(22-9-14)13-4-6-21-7-5-13;;/h2-4,8-11,21H,5-7H2,1H3,(H,24,26);2*1H. The number of pyridine rings is 2. The van der Waals surface area contributed by atoms with Gasteiger partial charge in [-0.05, 0) is 37.6 Å². The lowest BCUT2D eigenvalue weighted by atomic mass is 10.0. The second kappa shape index (κ2) is 9.14. The molecule has 0 radical (unpaired) electrons. The molecule has 148 valence electrons. The van der Waals surface area contributed by atoms with Gasteiger partial charge in [-0.3, -0.25) is 9.78 Å². The Morgan fingerprint density at radius 3 is 2.79 bits per heavy atom. The monoisotopic (exact) mass is 423 g/mol. The molecule has 0 unspecified atom stereocenters. The summed E-state index contributed by atoms with van der Waals surface area (Å²) < 4.78 is 15.7. The molecule has 1 aliphatic rings. The molecule has 4 rings (SSSR count). The first-order chi connectivity index (χ1) is 12.6. The summed E-state index contributed by atoms with van der Waals surface area (Å²) in [6.45, 7) is 3.55. The van der Waals surface area contributed by atoms with Crippen molar-refractivity contribution in [1.82, 2.24) is 19.7 Å². The highest BCUT2D eigenvalue weighted by atomic mass is 35.5. The number of nitrogens with zero attached hydrogens (tertiary/aromatic N) is 3. The number of carbonyl (C=O) groups excluding carboxylic acids is 1. The average Bonchev–Trinajstić information content (AvgIpc) is 3.03. The number of rotatable bonds is 3. The maximum absolute atomic E-state index is 14.1. The van der Waals surface area contributed by atoms with Crippen molar-refractivity contribution in [2.24, 2.45) is 0 Å². The molecule has 0 spiro atoms. The number of carbonyl (C=O) groups is 1. The summed E-state index contributed by atoms with van der Waals surface area (Å²) >= 11 is 0. The van der Waals surface area contributed by atoms with Crippen LogP contribution in [0.5, 0.6) is 0 Å². The maximum atomic E-state index is 14.1. The third-order valence-electron chi connectivity index (χ3n) is 4.30. The van der Waals surface area contributed by atoms with E-state index in [-0.39, 0.29) is 36.4 Å². The van der Waals surface area contributed by atoms with E-state index < -0.39 is 5.82 Å². The van der Waals surface area contributed by atoms with E-state index in [1.54, 1.807) is 36.0 Å². The Kier molecular flexibility index (Phi) is 7.12. The van der Waals surface area contributed by atoms with Gasteiger partial charge in [0.2, 0.25) is 0 Å². The predicted molar refractivity (Wildman–Crippen MR) is 112 cm³/mol. The Labute approximate surface area is 174 Å².